The van der Waals surface area contributed by atoms with Crippen LogP contribution in [0.1, 0.15) is 5.56 Å². The number of carboxylic acids is 1. The molecule has 0 fully saturated rings. The number of carboxylic acid groups (broad SMARTS) is 1. The molecule has 5 heteroatoms. The van der Waals surface area contributed by atoms with Gasteiger partial charge in [-0.2, -0.15) is 0 Å². The van der Waals surface area contributed by atoms with Crippen LogP contribution < -0.4 is 5.73 Å². The van der Waals surface area contributed by atoms with E-state index in [-0.39, 0.29) is 6.42 Å². The Morgan fingerprint density at radius 1 is 1.00 bits per heavy atom. The van der Waals surface area contributed by atoms with Crippen LogP contribution in [0.5, 0.6) is 0 Å². The number of para-hydroxylation sites is 2. The van der Waals surface area contributed by atoms with Crippen molar-refractivity contribution < 1.29 is 9.90 Å². The molecule has 0 saturated heterocycles. The van der Waals surface area contributed by atoms with Gasteiger partial charge in [-0.05, 0) is 17.7 Å². The summed E-state index contributed by atoms with van der Waals surface area (Å²) in [6.45, 7) is 0. The molecule has 3 rings (SSSR count). The molecular formula is C16H13N3O2. The van der Waals surface area contributed by atoms with E-state index in [0.717, 1.165) is 22.2 Å². The van der Waals surface area contributed by atoms with Crippen molar-refractivity contribution in [2.75, 3.05) is 5.73 Å². The summed E-state index contributed by atoms with van der Waals surface area (Å²) in [6, 6.07) is 14.7. The van der Waals surface area contributed by atoms with E-state index in [9.17, 15) is 4.79 Å². The third kappa shape index (κ3) is 2.67. The number of aliphatic carboxylic acids is 1. The van der Waals surface area contributed by atoms with E-state index in [1.165, 1.54) is 0 Å². The Bertz CT molecular complexity index is 813. The van der Waals surface area contributed by atoms with Crippen molar-refractivity contribution in [3.8, 4) is 11.3 Å². The Hall–Kier alpha value is -2.95. The van der Waals surface area contributed by atoms with Gasteiger partial charge in [-0.3, -0.25) is 4.79 Å². The number of benzene rings is 2. The highest BCUT2D eigenvalue weighted by molar-refractivity contribution is 5.82. The third-order valence-electron chi connectivity index (χ3n) is 3.18. The average molecular weight is 279 g/mol. The number of hydrogen-bond acceptors (Lipinski definition) is 4. The zero-order chi connectivity index (χ0) is 14.8. The number of nitrogen functional groups attached to an aromatic ring is 1. The van der Waals surface area contributed by atoms with Gasteiger partial charge in [-0.25, -0.2) is 9.97 Å². The third-order valence-corrected chi connectivity index (χ3v) is 3.18. The van der Waals surface area contributed by atoms with E-state index in [4.69, 9.17) is 10.8 Å². The molecule has 0 aliphatic heterocycles. The second-order valence-corrected chi connectivity index (χ2v) is 4.71. The Morgan fingerprint density at radius 3 is 2.24 bits per heavy atom. The van der Waals surface area contributed by atoms with E-state index < -0.39 is 5.97 Å². The monoisotopic (exact) mass is 279 g/mol. The average Bonchev–Trinajstić information content (AvgIpc) is 2.47. The summed E-state index contributed by atoms with van der Waals surface area (Å²) < 4.78 is 0. The van der Waals surface area contributed by atoms with Crippen LogP contribution in [-0.2, 0) is 11.2 Å². The summed E-state index contributed by atoms with van der Waals surface area (Å²) in [7, 11) is 0. The first-order valence-electron chi connectivity index (χ1n) is 6.47. The standard InChI is InChI=1S/C16H13N3O2/c17-16-15(18-12-3-1-2-4-13(12)19-16)11-7-5-10(6-8-11)9-14(20)21/h1-8H,9H2,(H2,17,19)(H,20,21). The maximum atomic E-state index is 10.7. The summed E-state index contributed by atoms with van der Waals surface area (Å²) in [5, 5.41) is 8.77. The Labute approximate surface area is 121 Å². The van der Waals surface area contributed by atoms with Crippen LogP contribution in [0.15, 0.2) is 48.5 Å². The first-order valence-corrected chi connectivity index (χ1v) is 6.47. The van der Waals surface area contributed by atoms with Gasteiger partial charge >= 0.3 is 5.97 Å². The lowest BCUT2D eigenvalue weighted by molar-refractivity contribution is -0.136. The highest BCUT2D eigenvalue weighted by Crippen LogP contribution is 2.25. The Morgan fingerprint density at radius 2 is 1.62 bits per heavy atom. The van der Waals surface area contributed by atoms with E-state index in [0.29, 0.717) is 11.5 Å². The molecule has 0 amide bonds. The molecule has 0 bridgehead atoms. The quantitative estimate of drug-likeness (QED) is 0.769. The molecule has 0 aliphatic rings. The summed E-state index contributed by atoms with van der Waals surface area (Å²) in [5.74, 6) is -0.493. The van der Waals surface area contributed by atoms with Crippen molar-refractivity contribution in [2.24, 2.45) is 0 Å². The van der Waals surface area contributed by atoms with Gasteiger partial charge in [0.15, 0.2) is 5.82 Å². The molecular weight excluding hydrogens is 266 g/mol. The Balaban J connectivity index is 2.03. The molecule has 0 radical (unpaired) electrons. The van der Waals surface area contributed by atoms with Gasteiger partial charge in [0.2, 0.25) is 0 Å². The van der Waals surface area contributed by atoms with Crippen LogP contribution in [0.25, 0.3) is 22.3 Å². The fourth-order valence-electron chi connectivity index (χ4n) is 2.18. The van der Waals surface area contributed by atoms with Gasteiger partial charge in [-0.1, -0.05) is 36.4 Å². The number of anilines is 1. The number of hydrogen-bond donors (Lipinski definition) is 2. The summed E-state index contributed by atoms with van der Waals surface area (Å²) in [4.78, 5) is 19.6. The van der Waals surface area contributed by atoms with Gasteiger partial charge in [0.1, 0.15) is 5.69 Å². The minimum Gasteiger partial charge on any atom is -0.481 e. The molecule has 0 aliphatic carbocycles. The SMILES string of the molecule is Nc1nc2ccccc2nc1-c1ccc(CC(=O)O)cc1. The highest BCUT2D eigenvalue weighted by Gasteiger charge is 2.09. The number of fused-ring (bicyclic) bond motifs is 1. The second kappa shape index (κ2) is 5.20. The molecule has 0 saturated carbocycles. The van der Waals surface area contributed by atoms with Crippen LogP contribution in [0, 0.1) is 0 Å². The summed E-state index contributed by atoms with van der Waals surface area (Å²) in [5.41, 5.74) is 9.66. The highest BCUT2D eigenvalue weighted by atomic mass is 16.4. The normalized spacial score (nSPS) is 10.7. The van der Waals surface area contributed by atoms with E-state index in [2.05, 4.69) is 9.97 Å². The molecule has 3 N–H and O–H groups in total. The van der Waals surface area contributed by atoms with Gasteiger partial charge in [0, 0.05) is 5.56 Å². The molecule has 1 heterocycles. The number of aromatic nitrogens is 2. The lowest BCUT2D eigenvalue weighted by Gasteiger charge is -2.07. The maximum absolute atomic E-state index is 10.7. The fourth-order valence-corrected chi connectivity index (χ4v) is 2.18. The van der Waals surface area contributed by atoms with Crippen molar-refractivity contribution >= 4 is 22.8 Å². The lowest BCUT2D eigenvalue weighted by Crippen LogP contribution is -2.01. The zero-order valence-corrected chi connectivity index (χ0v) is 11.2. The molecule has 104 valence electrons. The molecule has 0 unspecified atom stereocenters. The number of carbonyl (C=O) groups is 1. The van der Waals surface area contributed by atoms with Crippen molar-refractivity contribution in [1.82, 2.24) is 9.97 Å². The van der Waals surface area contributed by atoms with Gasteiger partial charge in [0.25, 0.3) is 0 Å². The van der Waals surface area contributed by atoms with Crippen molar-refractivity contribution in [3.63, 3.8) is 0 Å². The topological polar surface area (TPSA) is 89.1 Å². The molecule has 1 aromatic heterocycles. The smallest absolute Gasteiger partial charge is 0.307 e. The zero-order valence-electron chi connectivity index (χ0n) is 11.2. The van der Waals surface area contributed by atoms with Gasteiger partial charge in [-0.15, -0.1) is 0 Å². The molecule has 0 atom stereocenters. The van der Waals surface area contributed by atoms with Crippen LogP contribution in [0.2, 0.25) is 0 Å². The minimum atomic E-state index is -0.854. The van der Waals surface area contributed by atoms with Gasteiger partial charge in [0.05, 0.1) is 17.5 Å². The van der Waals surface area contributed by atoms with E-state index in [1.807, 2.05) is 36.4 Å². The van der Waals surface area contributed by atoms with Crippen molar-refractivity contribution in [2.45, 2.75) is 6.42 Å². The van der Waals surface area contributed by atoms with Crippen LogP contribution >= 0.6 is 0 Å². The fraction of sp³-hybridized carbons (Fsp3) is 0.0625. The first-order chi connectivity index (χ1) is 10.1. The van der Waals surface area contributed by atoms with Crippen LogP contribution in [-0.4, -0.2) is 21.0 Å². The van der Waals surface area contributed by atoms with Crippen LogP contribution in [0.4, 0.5) is 5.82 Å². The predicted molar refractivity (Wildman–Crippen MR) is 80.7 cm³/mol. The predicted octanol–water partition coefficient (Wildman–Crippen LogP) is 2.51. The number of nitrogens with two attached hydrogens (primary N) is 1. The maximum Gasteiger partial charge on any atom is 0.307 e. The minimum absolute atomic E-state index is 0.000832. The van der Waals surface area contributed by atoms with Crippen LogP contribution in [0.3, 0.4) is 0 Å². The van der Waals surface area contributed by atoms with Gasteiger partial charge < -0.3 is 10.8 Å². The number of rotatable bonds is 3. The summed E-state index contributed by atoms with van der Waals surface area (Å²) >= 11 is 0. The molecule has 5 nitrogen and oxygen atoms in total. The molecule has 0 spiro atoms. The summed E-state index contributed by atoms with van der Waals surface area (Å²) in [6.07, 6.45) is -0.000832. The number of nitrogens with zero attached hydrogens (tertiary/aromatic N) is 2. The van der Waals surface area contributed by atoms with E-state index in [1.54, 1.807) is 12.1 Å². The lowest BCUT2D eigenvalue weighted by atomic mass is 10.1. The van der Waals surface area contributed by atoms with E-state index >= 15 is 0 Å². The molecule has 3 aromatic rings. The van der Waals surface area contributed by atoms with Crippen molar-refractivity contribution in [3.05, 3.63) is 54.1 Å². The largest absolute Gasteiger partial charge is 0.481 e. The van der Waals surface area contributed by atoms with Crippen molar-refractivity contribution in [1.29, 1.82) is 0 Å². The Kier molecular flexibility index (Phi) is 3.23. The molecule has 2 aromatic carbocycles. The molecule has 21 heavy (non-hydrogen) atoms. The first kappa shape index (κ1) is 13.1. The second-order valence-electron chi connectivity index (χ2n) is 4.71.